The largest absolute Gasteiger partial charge is 0.351 e. The number of aryl methyl sites for hydroxylation is 1. The minimum atomic E-state index is -0.0457. The van der Waals surface area contributed by atoms with Gasteiger partial charge >= 0.3 is 0 Å². The fourth-order valence-electron chi connectivity index (χ4n) is 1.91. The smallest absolute Gasteiger partial charge is 0.233 e. The van der Waals surface area contributed by atoms with Crippen molar-refractivity contribution in [2.45, 2.75) is 31.4 Å². The third-order valence-corrected chi connectivity index (χ3v) is 4.51. The van der Waals surface area contributed by atoms with Crippen molar-refractivity contribution in [3.05, 3.63) is 71.3 Å². The minimum absolute atomic E-state index is 0.0457. The second-order valence-electron chi connectivity index (χ2n) is 5.14. The second kappa shape index (κ2) is 7.89. The fourth-order valence-corrected chi connectivity index (χ4v) is 2.78. The number of nitrogens with one attached hydrogen (secondary N) is 1. The van der Waals surface area contributed by atoms with Crippen LogP contribution in [-0.4, -0.2) is 11.2 Å². The van der Waals surface area contributed by atoms with E-state index in [9.17, 15) is 4.79 Å². The Balaban J connectivity index is 1.76. The van der Waals surface area contributed by atoms with E-state index in [2.05, 4.69) is 48.6 Å². The van der Waals surface area contributed by atoms with Gasteiger partial charge < -0.3 is 5.32 Å². The Bertz CT molecular complexity index is 566. The van der Waals surface area contributed by atoms with Gasteiger partial charge in [0.05, 0.1) is 5.25 Å². The molecule has 0 aliphatic carbocycles. The molecule has 110 valence electrons. The molecule has 0 aliphatic rings. The van der Waals surface area contributed by atoms with Crippen molar-refractivity contribution in [1.29, 1.82) is 0 Å². The highest BCUT2D eigenvalue weighted by Crippen LogP contribution is 2.17. The highest BCUT2D eigenvalue weighted by molar-refractivity contribution is 7.99. The molecule has 3 heteroatoms. The SMILES string of the molecule is Cc1ccc(CNC(=O)C(C)SCc2ccccc2)cc1. The number of hydrogen-bond donors (Lipinski definition) is 1. The molecule has 2 rings (SSSR count). The Kier molecular flexibility index (Phi) is 5.88. The summed E-state index contributed by atoms with van der Waals surface area (Å²) in [6, 6.07) is 18.5. The number of carbonyl (C=O) groups excluding carboxylic acids is 1. The van der Waals surface area contributed by atoms with E-state index in [1.54, 1.807) is 11.8 Å². The summed E-state index contributed by atoms with van der Waals surface area (Å²) < 4.78 is 0. The average Bonchev–Trinajstić information content (AvgIpc) is 2.52. The molecule has 0 spiro atoms. The monoisotopic (exact) mass is 299 g/mol. The second-order valence-corrected chi connectivity index (χ2v) is 6.47. The lowest BCUT2D eigenvalue weighted by molar-refractivity contribution is -0.120. The maximum absolute atomic E-state index is 12.1. The number of rotatable bonds is 6. The Morgan fingerprint density at radius 1 is 1.05 bits per heavy atom. The maximum Gasteiger partial charge on any atom is 0.233 e. The molecule has 0 fully saturated rings. The normalized spacial score (nSPS) is 11.9. The number of amides is 1. The van der Waals surface area contributed by atoms with Gasteiger partial charge in [0.2, 0.25) is 5.91 Å². The van der Waals surface area contributed by atoms with E-state index in [1.807, 2.05) is 25.1 Å². The van der Waals surface area contributed by atoms with Gasteiger partial charge in [0.1, 0.15) is 0 Å². The molecule has 21 heavy (non-hydrogen) atoms. The summed E-state index contributed by atoms with van der Waals surface area (Å²) in [6.07, 6.45) is 0. The predicted octanol–water partition coefficient (Wildman–Crippen LogP) is 3.93. The lowest BCUT2D eigenvalue weighted by Gasteiger charge is -2.12. The zero-order valence-electron chi connectivity index (χ0n) is 12.5. The molecule has 0 bridgehead atoms. The summed E-state index contributed by atoms with van der Waals surface area (Å²) >= 11 is 1.66. The molecule has 0 radical (unpaired) electrons. The first-order valence-electron chi connectivity index (χ1n) is 7.14. The third-order valence-electron chi connectivity index (χ3n) is 3.30. The standard InChI is InChI=1S/C18H21NOS/c1-14-8-10-16(11-9-14)12-19-18(20)15(2)21-13-17-6-4-3-5-7-17/h3-11,15H,12-13H2,1-2H3,(H,19,20). The Morgan fingerprint density at radius 2 is 1.71 bits per heavy atom. The zero-order valence-corrected chi connectivity index (χ0v) is 13.3. The molecule has 2 nitrogen and oxygen atoms in total. The van der Waals surface area contributed by atoms with E-state index in [-0.39, 0.29) is 11.2 Å². The van der Waals surface area contributed by atoms with Crippen LogP contribution in [0.4, 0.5) is 0 Å². The van der Waals surface area contributed by atoms with Crippen LogP contribution in [-0.2, 0) is 17.1 Å². The van der Waals surface area contributed by atoms with Gasteiger partial charge in [0, 0.05) is 12.3 Å². The summed E-state index contributed by atoms with van der Waals surface area (Å²) in [5.41, 5.74) is 3.62. The molecule has 0 aromatic heterocycles. The van der Waals surface area contributed by atoms with Gasteiger partial charge in [-0.15, -0.1) is 11.8 Å². The van der Waals surface area contributed by atoms with Crippen LogP contribution in [0.5, 0.6) is 0 Å². The van der Waals surface area contributed by atoms with Gasteiger partial charge in [-0.2, -0.15) is 0 Å². The van der Waals surface area contributed by atoms with E-state index >= 15 is 0 Å². The number of benzene rings is 2. The first-order chi connectivity index (χ1) is 10.1. The van der Waals surface area contributed by atoms with Gasteiger partial charge in [-0.05, 0) is 25.0 Å². The number of thioether (sulfide) groups is 1. The van der Waals surface area contributed by atoms with Gasteiger partial charge in [-0.1, -0.05) is 60.2 Å². The maximum atomic E-state index is 12.1. The van der Waals surface area contributed by atoms with Crippen LogP contribution in [0.15, 0.2) is 54.6 Å². The van der Waals surface area contributed by atoms with Gasteiger partial charge in [0.15, 0.2) is 0 Å². The Hall–Kier alpha value is -1.74. The van der Waals surface area contributed by atoms with E-state index < -0.39 is 0 Å². The number of carbonyl (C=O) groups is 1. The van der Waals surface area contributed by atoms with Gasteiger partial charge in [-0.3, -0.25) is 4.79 Å². The Labute approximate surface area is 131 Å². The minimum Gasteiger partial charge on any atom is -0.351 e. The van der Waals surface area contributed by atoms with E-state index in [1.165, 1.54) is 11.1 Å². The molecule has 1 amide bonds. The van der Waals surface area contributed by atoms with Crippen LogP contribution in [0.1, 0.15) is 23.6 Å². The molecule has 0 saturated heterocycles. The van der Waals surface area contributed by atoms with Crippen molar-refractivity contribution in [2.75, 3.05) is 0 Å². The predicted molar refractivity (Wildman–Crippen MR) is 90.2 cm³/mol. The van der Waals surface area contributed by atoms with Crippen LogP contribution in [0.25, 0.3) is 0 Å². The topological polar surface area (TPSA) is 29.1 Å². The van der Waals surface area contributed by atoms with Crippen molar-refractivity contribution in [3.63, 3.8) is 0 Å². The lowest BCUT2D eigenvalue weighted by Crippen LogP contribution is -2.30. The third kappa shape index (κ3) is 5.27. The average molecular weight is 299 g/mol. The van der Waals surface area contributed by atoms with Gasteiger partial charge in [-0.25, -0.2) is 0 Å². The van der Waals surface area contributed by atoms with E-state index in [0.717, 1.165) is 11.3 Å². The van der Waals surface area contributed by atoms with Gasteiger partial charge in [0.25, 0.3) is 0 Å². The highest BCUT2D eigenvalue weighted by atomic mass is 32.2. The van der Waals surface area contributed by atoms with Crippen LogP contribution < -0.4 is 5.32 Å². The zero-order chi connectivity index (χ0) is 15.1. The summed E-state index contributed by atoms with van der Waals surface area (Å²) in [5, 5.41) is 2.95. The summed E-state index contributed by atoms with van der Waals surface area (Å²) in [6.45, 7) is 4.61. The molecular formula is C18H21NOS. The summed E-state index contributed by atoms with van der Waals surface area (Å²) in [4.78, 5) is 12.1. The first kappa shape index (κ1) is 15.6. The molecule has 1 N–H and O–H groups in total. The molecule has 0 saturated carbocycles. The molecule has 1 atom stereocenters. The molecular weight excluding hydrogens is 278 g/mol. The molecule has 1 unspecified atom stereocenters. The van der Waals surface area contributed by atoms with Crippen molar-refractivity contribution in [1.82, 2.24) is 5.32 Å². The highest BCUT2D eigenvalue weighted by Gasteiger charge is 2.12. The molecule has 0 heterocycles. The first-order valence-corrected chi connectivity index (χ1v) is 8.19. The van der Waals surface area contributed by atoms with E-state index in [0.29, 0.717) is 6.54 Å². The molecule has 0 aliphatic heterocycles. The van der Waals surface area contributed by atoms with Crippen LogP contribution in [0.2, 0.25) is 0 Å². The van der Waals surface area contributed by atoms with Crippen molar-refractivity contribution >= 4 is 17.7 Å². The van der Waals surface area contributed by atoms with Crippen molar-refractivity contribution < 1.29 is 4.79 Å². The fraction of sp³-hybridized carbons (Fsp3) is 0.278. The Morgan fingerprint density at radius 3 is 2.38 bits per heavy atom. The lowest BCUT2D eigenvalue weighted by atomic mass is 10.1. The quantitative estimate of drug-likeness (QED) is 0.875. The molecule has 2 aromatic rings. The summed E-state index contributed by atoms with van der Waals surface area (Å²) in [5.74, 6) is 0.955. The van der Waals surface area contributed by atoms with Crippen molar-refractivity contribution in [3.8, 4) is 0 Å². The van der Waals surface area contributed by atoms with E-state index in [4.69, 9.17) is 0 Å². The number of hydrogen-bond acceptors (Lipinski definition) is 2. The van der Waals surface area contributed by atoms with Crippen LogP contribution >= 0.6 is 11.8 Å². The van der Waals surface area contributed by atoms with Crippen molar-refractivity contribution in [2.24, 2.45) is 0 Å². The molecule has 2 aromatic carbocycles. The van der Waals surface area contributed by atoms with Crippen LogP contribution in [0.3, 0.4) is 0 Å². The van der Waals surface area contributed by atoms with Crippen LogP contribution in [0, 0.1) is 6.92 Å². The summed E-state index contributed by atoms with van der Waals surface area (Å²) in [7, 11) is 0.